The van der Waals surface area contributed by atoms with E-state index < -0.39 is 17.3 Å². The minimum Gasteiger partial charge on any atom is -0.369 e. The van der Waals surface area contributed by atoms with Crippen LogP contribution in [0.4, 0.5) is 23.2 Å². The molecule has 0 N–H and O–H groups in total. The third-order valence-corrected chi connectivity index (χ3v) is 6.69. The van der Waals surface area contributed by atoms with Gasteiger partial charge >= 0.3 is 6.18 Å². The molecular formula is C26H23F4N5O. The van der Waals surface area contributed by atoms with Gasteiger partial charge in [-0.1, -0.05) is 12.1 Å². The number of piperidine rings is 1. The van der Waals surface area contributed by atoms with Crippen LogP contribution in [0.1, 0.15) is 41.1 Å². The lowest BCUT2D eigenvalue weighted by Crippen LogP contribution is -2.36. The van der Waals surface area contributed by atoms with Crippen LogP contribution in [-0.2, 0) is 12.7 Å². The van der Waals surface area contributed by atoms with Crippen molar-refractivity contribution in [1.82, 2.24) is 19.5 Å². The van der Waals surface area contributed by atoms with Gasteiger partial charge in [0.25, 0.3) is 5.56 Å². The number of rotatable bonds is 4. The second kappa shape index (κ2) is 9.33. The zero-order valence-electron chi connectivity index (χ0n) is 19.5. The second-order valence-electron chi connectivity index (χ2n) is 8.92. The van der Waals surface area contributed by atoms with Crippen LogP contribution >= 0.6 is 0 Å². The first-order chi connectivity index (χ1) is 17.2. The highest BCUT2D eigenvalue weighted by atomic mass is 19.4. The fourth-order valence-corrected chi connectivity index (χ4v) is 4.96. The van der Waals surface area contributed by atoms with Crippen molar-refractivity contribution in [1.29, 1.82) is 0 Å². The van der Waals surface area contributed by atoms with Crippen LogP contribution in [0.5, 0.6) is 0 Å². The van der Waals surface area contributed by atoms with Gasteiger partial charge in [-0.25, -0.2) is 9.37 Å². The molecule has 0 radical (unpaired) electrons. The molecule has 1 aliphatic rings. The monoisotopic (exact) mass is 497 g/mol. The minimum absolute atomic E-state index is 0.149. The summed E-state index contributed by atoms with van der Waals surface area (Å²) in [6.45, 7) is 2.56. The van der Waals surface area contributed by atoms with Crippen molar-refractivity contribution in [2.45, 2.75) is 38.4 Å². The van der Waals surface area contributed by atoms with Crippen LogP contribution in [0.25, 0.3) is 11.2 Å². The van der Waals surface area contributed by atoms with Crippen LogP contribution in [0.3, 0.4) is 0 Å². The van der Waals surface area contributed by atoms with E-state index in [0.717, 1.165) is 11.6 Å². The summed E-state index contributed by atoms with van der Waals surface area (Å²) in [7, 11) is 0. The van der Waals surface area contributed by atoms with Gasteiger partial charge in [-0.3, -0.25) is 19.3 Å². The number of pyridine rings is 2. The van der Waals surface area contributed by atoms with E-state index >= 15 is 0 Å². The number of nitrogens with zero attached hydrogens (tertiary/aromatic N) is 5. The maximum Gasteiger partial charge on any atom is 0.418 e. The number of hydrogen-bond acceptors (Lipinski definition) is 5. The van der Waals surface area contributed by atoms with Crippen LogP contribution in [-0.4, -0.2) is 32.6 Å². The Kier molecular flexibility index (Phi) is 6.19. The molecule has 0 atom stereocenters. The number of hydrogen-bond donors (Lipinski definition) is 0. The van der Waals surface area contributed by atoms with Crippen molar-refractivity contribution in [3.8, 4) is 0 Å². The molecule has 36 heavy (non-hydrogen) atoms. The highest BCUT2D eigenvalue weighted by molar-refractivity contribution is 5.71. The maximum atomic E-state index is 14.5. The maximum absolute atomic E-state index is 14.5. The predicted molar refractivity (Wildman–Crippen MR) is 127 cm³/mol. The van der Waals surface area contributed by atoms with E-state index in [4.69, 9.17) is 0 Å². The number of fused-ring (bicyclic) bond motifs is 1. The largest absolute Gasteiger partial charge is 0.418 e. The molecule has 1 aromatic carbocycles. The van der Waals surface area contributed by atoms with Crippen LogP contribution in [0, 0.1) is 12.7 Å². The Morgan fingerprint density at radius 3 is 2.47 bits per heavy atom. The summed E-state index contributed by atoms with van der Waals surface area (Å²) in [4.78, 5) is 28.1. The lowest BCUT2D eigenvalue weighted by molar-refractivity contribution is -0.138. The number of para-hydroxylation sites is 1. The molecule has 0 bridgehead atoms. The Morgan fingerprint density at radius 1 is 1.00 bits per heavy atom. The standard InChI is InChI=1S/C26H23F4N5O/c1-16-4-2-6-20(27)23(16)34-12-7-17(8-13-34)18-14-21-24(33-11-10-32-21)35(25(18)36)15-22-19(26(28,29)30)5-3-9-31-22/h2-6,9-11,14,17H,7-8,12-13,15H2,1H3. The summed E-state index contributed by atoms with van der Waals surface area (Å²) in [5.41, 5.74) is 0.919. The van der Waals surface area contributed by atoms with E-state index in [-0.39, 0.29) is 29.6 Å². The molecule has 1 fully saturated rings. The molecule has 10 heteroatoms. The Balaban J connectivity index is 1.51. The molecule has 5 rings (SSSR count). The topological polar surface area (TPSA) is 63.9 Å². The van der Waals surface area contributed by atoms with Crippen LogP contribution in [0.15, 0.2) is 59.8 Å². The second-order valence-corrected chi connectivity index (χ2v) is 8.92. The van der Waals surface area contributed by atoms with Gasteiger partial charge in [0.05, 0.1) is 23.5 Å². The number of aromatic nitrogens is 4. The van der Waals surface area contributed by atoms with Gasteiger partial charge in [0.15, 0.2) is 5.65 Å². The molecular weight excluding hydrogens is 474 g/mol. The summed E-state index contributed by atoms with van der Waals surface area (Å²) >= 11 is 0. The van der Waals surface area contributed by atoms with Gasteiger partial charge in [0, 0.05) is 37.2 Å². The molecule has 6 nitrogen and oxygen atoms in total. The number of anilines is 1. The van der Waals surface area contributed by atoms with Crippen molar-refractivity contribution >= 4 is 16.9 Å². The van der Waals surface area contributed by atoms with E-state index in [0.29, 0.717) is 42.7 Å². The van der Waals surface area contributed by atoms with Gasteiger partial charge in [-0.2, -0.15) is 13.2 Å². The van der Waals surface area contributed by atoms with Gasteiger partial charge in [-0.15, -0.1) is 0 Å². The summed E-state index contributed by atoms with van der Waals surface area (Å²) in [6, 6.07) is 8.81. The first kappa shape index (κ1) is 23.9. The van der Waals surface area contributed by atoms with Crippen molar-refractivity contribution in [2.24, 2.45) is 0 Å². The first-order valence-electron chi connectivity index (χ1n) is 11.6. The fraction of sp³-hybridized carbons (Fsp3) is 0.308. The zero-order chi connectivity index (χ0) is 25.4. The Labute approximate surface area is 204 Å². The third kappa shape index (κ3) is 4.43. The lowest BCUT2D eigenvalue weighted by atomic mass is 9.89. The first-order valence-corrected chi connectivity index (χ1v) is 11.6. The summed E-state index contributed by atoms with van der Waals surface area (Å²) < 4.78 is 56.4. The summed E-state index contributed by atoms with van der Waals surface area (Å²) in [5, 5.41) is 0. The normalized spacial score (nSPS) is 15.0. The molecule has 1 aliphatic heterocycles. The van der Waals surface area contributed by atoms with E-state index in [1.165, 1.54) is 35.3 Å². The lowest BCUT2D eigenvalue weighted by Gasteiger charge is -2.34. The minimum atomic E-state index is -4.61. The number of halogens is 4. The Morgan fingerprint density at radius 2 is 1.75 bits per heavy atom. The van der Waals surface area contributed by atoms with Crippen molar-refractivity contribution in [2.75, 3.05) is 18.0 Å². The molecule has 186 valence electrons. The van der Waals surface area contributed by atoms with Gasteiger partial charge in [0.1, 0.15) is 11.3 Å². The van der Waals surface area contributed by atoms with E-state index in [1.54, 1.807) is 12.1 Å². The van der Waals surface area contributed by atoms with E-state index in [1.807, 2.05) is 17.9 Å². The Bertz CT molecular complexity index is 1460. The van der Waals surface area contributed by atoms with Crippen molar-refractivity contribution in [3.63, 3.8) is 0 Å². The summed E-state index contributed by atoms with van der Waals surface area (Å²) in [5.74, 6) is -0.433. The average molecular weight is 497 g/mol. The van der Waals surface area contributed by atoms with Crippen molar-refractivity contribution in [3.05, 3.63) is 93.5 Å². The smallest absolute Gasteiger partial charge is 0.369 e. The van der Waals surface area contributed by atoms with Crippen molar-refractivity contribution < 1.29 is 17.6 Å². The van der Waals surface area contributed by atoms with Crippen LogP contribution in [0.2, 0.25) is 0 Å². The molecule has 0 unspecified atom stereocenters. The van der Waals surface area contributed by atoms with Gasteiger partial charge in [-0.05, 0) is 55.5 Å². The average Bonchev–Trinajstić information content (AvgIpc) is 2.86. The fourth-order valence-electron chi connectivity index (χ4n) is 4.96. The predicted octanol–water partition coefficient (Wildman–Crippen LogP) is 5.09. The Hall–Kier alpha value is -3.82. The highest BCUT2D eigenvalue weighted by Gasteiger charge is 2.34. The number of aryl methyl sites for hydroxylation is 1. The molecule has 0 saturated carbocycles. The van der Waals surface area contributed by atoms with Gasteiger partial charge in [0.2, 0.25) is 0 Å². The number of alkyl halides is 3. The van der Waals surface area contributed by atoms with Crippen LogP contribution < -0.4 is 10.5 Å². The SMILES string of the molecule is Cc1cccc(F)c1N1CCC(c2cc3nccnc3n(Cc3ncccc3C(F)(F)F)c2=O)CC1. The van der Waals surface area contributed by atoms with E-state index in [9.17, 15) is 22.4 Å². The van der Waals surface area contributed by atoms with E-state index in [2.05, 4.69) is 15.0 Å². The molecule has 4 heterocycles. The molecule has 4 aromatic rings. The number of benzene rings is 1. The van der Waals surface area contributed by atoms with Gasteiger partial charge < -0.3 is 4.90 Å². The molecule has 3 aromatic heterocycles. The zero-order valence-corrected chi connectivity index (χ0v) is 19.5. The quantitative estimate of drug-likeness (QED) is 0.368. The highest BCUT2D eigenvalue weighted by Crippen LogP contribution is 2.34. The summed E-state index contributed by atoms with van der Waals surface area (Å²) in [6.07, 6.45) is 0.721. The molecule has 0 amide bonds. The molecule has 0 aliphatic carbocycles. The molecule has 1 saturated heterocycles. The third-order valence-electron chi connectivity index (χ3n) is 6.69. The molecule has 0 spiro atoms.